The lowest BCUT2D eigenvalue weighted by molar-refractivity contribution is 0.277. The van der Waals surface area contributed by atoms with E-state index < -0.39 is 0 Å². The van der Waals surface area contributed by atoms with Gasteiger partial charge in [-0.05, 0) is 38.9 Å². The average molecular weight is 217 g/mol. The smallest absolute Gasteiger partial charge is 0.134 e. The first kappa shape index (κ1) is 11.2. The first-order valence-electron chi connectivity index (χ1n) is 5.84. The molecule has 2 rings (SSSR count). The number of rotatable bonds is 4. The lowest BCUT2D eigenvalue weighted by atomic mass is 10.1. The molecule has 2 heteroatoms. The minimum Gasteiger partial charge on any atom is -0.464 e. The van der Waals surface area contributed by atoms with Crippen LogP contribution < -0.4 is 0 Å². The molecule has 0 aliphatic rings. The Morgan fingerprint density at radius 3 is 2.75 bits per heavy atom. The van der Waals surface area contributed by atoms with Crippen molar-refractivity contribution in [3.8, 4) is 0 Å². The van der Waals surface area contributed by atoms with E-state index in [1.807, 2.05) is 18.4 Å². The van der Waals surface area contributed by atoms with Gasteiger partial charge in [-0.1, -0.05) is 18.2 Å². The number of fused-ring (bicyclic) bond motifs is 1. The highest BCUT2D eigenvalue weighted by Gasteiger charge is 2.07. The van der Waals surface area contributed by atoms with Gasteiger partial charge in [-0.15, -0.1) is 0 Å². The van der Waals surface area contributed by atoms with Gasteiger partial charge < -0.3 is 9.32 Å². The van der Waals surface area contributed by atoms with Crippen molar-refractivity contribution in [3.63, 3.8) is 0 Å². The highest BCUT2D eigenvalue weighted by Crippen LogP contribution is 2.21. The van der Waals surface area contributed by atoms with Crippen LogP contribution in [0, 0.1) is 0 Å². The van der Waals surface area contributed by atoms with Gasteiger partial charge in [0.25, 0.3) is 0 Å². The molecule has 0 bridgehead atoms. The van der Waals surface area contributed by atoms with Crippen LogP contribution in [0.4, 0.5) is 0 Å². The molecule has 0 aliphatic heterocycles. The summed E-state index contributed by atoms with van der Waals surface area (Å²) in [5, 5.41) is 1.25. The van der Waals surface area contributed by atoms with E-state index >= 15 is 0 Å². The summed E-state index contributed by atoms with van der Waals surface area (Å²) in [5.74, 6) is 0. The molecule has 0 unspecified atom stereocenters. The van der Waals surface area contributed by atoms with Crippen LogP contribution in [0.2, 0.25) is 0 Å². The van der Waals surface area contributed by atoms with E-state index in [1.165, 1.54) is 10.9 Å². The van der Waals surface area contributed by atoms with Crippen molar-refractivity contribution < 1.29 is 4.42 Å². The lowest BCUT2D eigenvalue weighted by Gasteiger charge is -2.20. The molecule has 0 amide bonds. The highest BCUT2D eigenvalue weighted by molar-refractivity contribution is 5.80. The van der Waals surface area contributed by atoms with Crippen LogP contribution in [-0.2, 0) is 6.42 Å². The fraction of sp³-hybridized carbons (Fsp3) is 0.429. The van der Waals surface area contributed by atoms with Gasteiger partial charge in [0.2, 0.25) is 0 Å². The van der Waals surface area contributed by atoms with Crippen molar-refractivity contribution in [1.29, 1.82) is 0 Å². The number of hydrogen-bond acceptors (Lipinski definition) is 2. The number of likely N-dealkylation sites (N-methyl/N-ethyl adjacent to an activating group) is 1. The van der Waals surface area contributed by atoms with E-state index in [9.17, 15) is 0 Å². The zero-order valence-corrected chi connectivity index (χ0v) is 10.2. The zero-order chi connectivity index (χ0) is 11.5. The second kappa shape index (κ2) is 4.71. The fourth-order valence-electron chi connectivity index (χ4n) is 1.78. The lowest BCUT2D eigenvalue weighted by Crippen LogP contribution is -2.28. The summed E-state index contributed by atoms with van der Waals surface area (Å²) in [6.45, 7) is 5.50. The molecule has 2 aromatic rings. The number of nitrogens with zero attached hydrogens (tertiary/aromatic N) is 1. The van der Waals surface area contributed by atoms with Gasteiger partial charge in [-0.2, -0.15) is 0 Å². The summed E-state index contributed by atoms with van der Waals surface area (Å²) in [4.78, 5) is 2.35. The molecule has 0 saturated carbocycles. The van der Waals surface area contributed by atoms with Crippen LogP contribution in [0.25, 0.3) is 11.0 Å². The Hall–Kier alpha value is -1.28. The Balaban J connectivity index is 2.10. The molecule has 1 heterocycles. The average Bonchev–Trinajstić information content (AvgIpc) is 2.69. The third-order valence-corrected chi connectivity index (χ3v) is 3.18. The maximum atomic E-state index is 5.52. The van der Waals surface area contributed by atoms with Gasteiger partial charge in [-0.25, -0.2) is 0 Å². The molecular formula is C14H19NO. The molecule has 2 nitrogen and oxygen atoms in total. The van der Waals surface area contributed by atoms with E-state index in [0.717, 1.165) is 18.5 Å². The molecule has 0 aliphatic carbocycles. The topological polar surface area (TPSA) is 16.4 Å². The summed E-state index contributed by atoms with van der Waals surface area (Å²) in [6.07, 6.45) is 2.94. The monoisotopic (exact) mass is 217 g/mol. The summed E-state index contributed by atoms with van der Waals surface area (Å²) in [5.41, 5.74) is 2.30. The van der Waals surface area contributed by atoms with E-state index in [4.69, 9.17) is 4.42 Å². The Labute approximate surface area is 96.9 Å². The third kappa shape index (κ3) is 2.27. The Bertz CT molecular complexity index is 458. The minimum atomic E-state index is 0.596. The van der Waals surface area contributed by atoms with Crippen LogP contribution in [0.15, 0.2) is 34.9 Å². The van der Waals surface area contributed by atoms with Crippen molar-refractivity contribution in [1.82, 2.24) is 4.90 Å². The highest BCUT2D eigenvalue weighted by atomic mass is 16.3. The van der Waals surface area contributed by atoms with Crippen molar-refractivity contribution in [3.05, 3.63) is 36.1 Å². The van der Waals surface area contributed by atoms with Crippen LogP contribution in [0.5, 0.6) is 0 Å². The SMILES string of the molecule is CC(C)N(C)CCc1coc2ccccc12. The third-order valence-electron chi connectivity index (χ3n) is 3.18. The standard InChI is InChI=1S/C14H19NO/c1-11(2)15(3)9-8-12-10-16-14-7-5-4-6-13(12)14/h4-7,10-11H,8-9H2,1-3H3. The van der Waals surface area contributed by atoms with Crippen LogP contribution >= 0.6 is 0 Å². The predicted octanol–water partition coefficient (Wildman–Crippen LogP) is 3.32. The number of hydrogen-bond donors (Lipinski definition) is 0. The van der Waals surface area contributed by atoms with E-state index in [1.54, 1.807) is 0 Å². The molecule has 16 heavy (non-hydrogen) atoms. The molecular weight excluding hydrogens is 198 g/mol. The fourth-order valence-corrected chi connectivity index (χ4v) is 1.78. The Kier molecular flexibility index (Phi) is 3.30. The van der Waals surface area contributed by atoms with E-state index in [0.29, 0.717) is 6.04 Å². The van der Waals surface area contributed by atoms with E-state index in [-0.39, 0.29) is 0 Å². The van der Waals surface area contributed by atoms with Crippen molar-refractivity contribution in [2.75, 3.05) is 13.6 Å². The zero-order valence-electron chi connectivity index (χ0n) is 10.2. The second-order valence-corrected chi connectivity index (χ2v) is 4.58. The first-order valence-corrected chi connectivity index (χ1v) is 5.84. The van der Waals surface area contributed by atoms with Gasteiger partial charge in [-0.3, -0.25) is 0 Å². The molecule has 0 radical (unpaired) electrons. The van der Waals surface area contributed by atoms with Gasteiger partial charge in [0.1, 0.15) is 5.58 Å². The minimum absolute atomic E-state index is 0.596. The quantitative estimate of drug-likeness (QED) is 0.781. The van der Waals surface area contributed by atoms with Gasteiger partial charge in [0, 0.05) is 18.0 Å². The normalized spacial score (nSPS) is 11.8. The van der Waals surface area contributed by atoms with Crippen molar-refractivity contribution >= 4 is 11.0 Å². The summed E-state index contributed by atoms with van der Waals surface area (Å²) < 4.78 is 5.52. The maximum absolute atomic E-state index is 5.52. The number of furan rings is 1. The largest absolute Gasteiger partial charge is 0.464 e. The van der Waals surface area contributed by atoms with Crippen molar-refractivity contribution in [2.24, 2.45) is 0 Å². The first-order chi connectivity index (χ1) is 7.68. The maximum Gasteiger partial charge on any atom is 0.134 e. The summed E-state index contributed by atoms with van der Waals surface area (Å²) >= 11 is 0. The molecule has 86 valence electrons. The van der Waals surface area contributed by atoms with Crippen LogP contribution in [0.1, 0.15) is 19.4 Å². The Morgan fingerprint density at radius 2 is 2.00 bits per heavy atom. The molecule has 0 saturated heterocycles. The van der Waals surface area contributed by atoms with Gasteiger partial charge in [0.05, 0.1) is 6.26 Å². The molecule has 0 fully saturated rings. The van der Waals surface area contributed by atoms with Crippen LogP contribution in [0.3, 0.4) is 0 Å². The summed E-state index contributed by atoms with van der Waals surface area (Å²) in [6, 6.07) is 8.82. The van der Waals surface area contributed by atoms with Gasteiger partial charge >= 0.3 is 0 Å². The summed E-state index contributed by atoms with van der Waals surface area (Å²) in [7, 11) is 2.16. The predicted molar refractivity (Wildman–Crippen MR) is 67.7 cm³/mol. The molecule has 0 atom stereocenters. The number of para-hydroxylation sites is 1. The van der Waals surface area contributed by atoms with Crippen LogP contribution in [-0.4, -0.2) is 24.5 Å². The molecule has 1 aromatic carbocycles. The molecule has 0 spiro atoms. The van der Waals surface area contributed by atoms with E-state index in [2.05, 4.69) is 37.9 Å². The second-order valence-electron chi connectivity index (χ2n) is 4.58. The van der Waals surface area contributed by atoms with Gasteiger partial charge in [0.15, 0.2) is 0 Å². The Morgan fingerprint density at radius 1 is 1.25 bits per heavy atom. The number of benzene rings is 1. The molecule has 0 N–H and O–H groups in total. The van der Waals surface area contributed by atoms with Crippen molar-refractivity contribution in [2.45, 2.75) is 26.3 Å². The molecule has 1 aromatic heterocycles.